The lowest BCUT2D eigenvalue weighted by Crippen LogP contribution is -2.58. The second kappa shape index (κ2) is 6.39. The molecule has 1 atom stereocenters. The van der Waals surface area contributed by atoms with Crippen LogP contribution in [0.2, 0.25) is 0 Å². The van der Waals surface area contributed by atoms with E-state index in [1.165, 1.54) is 0 Å². The summed E-state index contributed by atoms with van der Waals surface area (Å²) in [5, 5.41) is 9.73. The second-order valence-corrected chi connectivity index (χ2v) is 6.06. The fraction of sp³-hybridized carbons (Fsp3) is 0.562. The number of aryl methyl sites for hydroxylation is 2. The maximum Gasteiger partial charge on any atom is 0.418 e. The Hall–Kier alpha value is -1.76. The van der Waals surface area contributed by atoms with Crippen LogP contribution in [-0.4, -0.2) is 47.4 Å². The molecule has 7 heteroatoms. The Labute approximate surface area is 132 Å². The maximum absolute atomic E-state index is 12.9. The number of halogens is 3. The van der Waals surface area contributed by atoms with E-state index in [0.717, 1.165) is 16.0 Å². The molecule has 0 aliphatic carbocycles. The molecule has 1 unspecified atom stereocenters. The van der Waals surface area contributed by atoms with Gasteiger partial charge in [0.2, 0.25) is 0 Å². The zero-order valence-electron chi connectivity index (χ0n) is 13.1. The quantitative estimate of drug-likeness (QED) is 0.926. The van der Waals surface area contributed by atoms with E-state index in [0.29, 0.717) is 5.75 Å². The highest BCUT2D eigenvalue weighted by molar-refractivity contribution is 5.78. The first kappa shape index (κ1) is 17.6. The van der Waals surface area contributed by atoms with Crippen molar-refractivity contribution in [2.45, 2.75) is 38.5 Å². The fourth-order valence-corrected chi connectivity index (χ4v) is 2.73. The van der Waals surface area contributed by atoms with Crippen molar-refractivity contribution in [2.24, 2.45) is 0 Å². The summed E-state index contributed by atoms with van der Waals surface area (Å²) in [4.78, 5) is 13.1. The van der Waals surface area contributed by atoms with Crippen molar-refractivity contribution in [3.63, 3.8) is 0 Å². The molecule has 0 spiro atoms. The number of β-amino-alcohol motifs (C(OH)–C–C–N with tert-alkyl or cyclic N) is 1. The average molecular weight is 331 g/mol. The molecular weight excluding hydrogens is 311 g/mol. The number of carbonyl (C=O) groups is 1. The highest BCUT2D eigenvalue weighted by Crippen LogP contribution is 2.37. The average Bonchev–Trinajstić information content (AvgIpc) is 2.42. The normalized spacial score (nSPS) is 22.1. The topological polar surface area (TPSA) is 49.8 Å². The molecule has 1 N–H and O–H groups in total. The number of alkyl halides is 3. The summed E-state index contributed by atoms with van der Waals surface area (Å²) in [5.74, 6) is -0.0644. The number of nitrogens with zero attached hydrogens (tertiary/aromatic N) is 1. The van der Waals surface area contributed by atoms with Crippen molar-refractivity contribution in [3.8, 4) is 5.75 Å². The van der Waals surface area contributed by atoms with Crippen molar-refractivity contribution < 1.29 is 27.8 Å². The molecule has 2 rings (SSSR count). The number of piperidine rings is 1. The lowest BCUT2D eigenvalue weighted by molar-refractivity contribution is -0.272. The van der Waals surface area contributed by atoms with E-state index in [-0.39, 0.29) is 19.6 Å². The van der Waals surface area contributed by atoms with E-state index in [1.54, 1.807) is 12.1 Å². The van der Waals surface area contributed by atoms with Gasteiger partial charge in [0.25, 0.3) is 5.91 Å². The molecule has 128 valence electrons. The smallest absolute Gasteiger partial charge is 0.418 e. The van der Waals surface area contributed by atoms with Crippen LogP contribution in [0.15, 0.2) is 18.2 Å². The molecule has 1 fully saturated rings. The minimum atomic E-state index is -4.75. The van der Waals surface area contributed by atoms with Gasteiger partial charge < -0.3 is 14.7 Å². The summed E-state index contributed by atoms with van der Waals surface area (Å²) in [5.41, 5.74) is -0.894. The van der Waals surface area contributed by atoms with Crippen LogP contribution in [0.3, 0.4) is 0 Å². The number of amides is 1. The molecule has 0 bridgehead atoms. The minimum absolute atomic E-state index is 0.102. The van der Waals surface area contributed by atoms with Crippen LogP contribution in [0.5, 0.6) is 5.75 Å². The molecule has 23 heavy (non-hydrogen) atoms. The Morgan fingerprint density at radius 2 is 1.91 bits per heavy atom. The van der Waals surface area contributed by atoms with Gasteiger partial charge in [-0.1, -0.05) is 6.07 Å². The first-order chi connectivity index (χ1) is 10.6. The van der Waals surface area contributed by atoms with Crippen LogP contribution in [0.4, 0.5) is 13.2 Å². The van der Waals surface area contributed by atoms with Gasteiger partial charge in [-0.15, -0.1) is 0 Å². The Kier molecular flexibility index (Phi) is 4.89. The molecule has 0 radical (unpaired) electrons. The maximum atomic E-state index is 12.9. The number of hydrogen-bond acceptors (Lipinski definition) is 3. The number of carbonyl (C=O) groups excluding carboxylic acids is 1. The molecule has 1 aromatic carbocycles. The van der Waals surface area contributed by atoms with Gasteiger partial charge in [-0.25, -0.2) is 0 Å². The van der Waals surface area contributed by atoms with Gasteiger partial charge >= 0.3 is 6.18 Å². The highest BCUT2D eigenvalue weighted by atomic mass is 19.4. The van der Waals surface area contributed by atoms with Crippen LogP contribution in [-0.2, 0) is 4.79 Å². The van der Waals surface area contributed by atoms with E-state index < -0.39 is 30.7 Å². The summed E-state index contributed by atoms with van der Waals surface area (Å²) in [6, 6.07) is 5.45. The number of aliphatic hydroxyl groups is 1. The van der Waals surface area contributed by atoms with Crippen LogP contribution < -0.4 is 4.74 Å². The first-order valence-corrected chi connectivity index (χ1v) is 7.39. The number of rotatable bonds is 3. The lowest BCUT2D eigenvalue weighted by atomic mass is 9.92. The lowest BCUT2D eigenvalue weighted by Gasteiger charge is -2.40. The van der Waals surface area contributed by atoms with Gasteiger partial charge in [0.15, 0.2) is 12.2 Å². The molecule has 1 heterocycles. The van der Waals surface area contributed by atoms with E-state index in [2.05, 4.69) is 0 Å². The van der Waals surface area contributed by atoms with Gasteiger partial charge in [-0.2, -0.15) is 13.2 Å². The molecule has 4 nitrogen and oxygen atoms in total. The van der Waals surface area contributed by atoms with E-state index in [4.69, 9.17) is 4.74 Å². The third-order valence-corrected chi connectivity index (χ3v) is 3.91. The van der Waals surface area contributed by atoms with Gasteiger partial charge in [0, 0.05) is 6.54 Å². The third kappa shape index (κ3) is 4.16. The Morgan fingerprint density at radius 1 is 1.30 bits per heavy atom. The van der Waals surface area contributed by atoms with Crippen molar-refractivity contribution >= 4 is 5.91 Å². The van der Waals surface area contributed by atoms with Gasteiger partial charge in [-0.3, -0.25) is 4.79 Å². The van der Waals surface area contributed by atoms with Crippen molar-refractivity contribution in [1.82, 2.24) is 4.90 Å². The minimum Gasteiger partial charge on any atom is -0.484 e. The molecule has 1 aliphatic heterocycles. The van der Waals surface area contributed by atoms with Gasteiger partial charge in [0.05, 0.1) is 6.54 Å². The number of ether oxygens (including phenoxy) is 1. The van der Waals surface area contributed by atoms with Gasteiger partial charge in [-0.05, 0) is 49.9 Å². The number of benzene rings is 1. The summed E-state index contributed by atoms with van der Waals surface area (Å²) >= 11 is 0. The molecule has 1 aromatic rings. The third-order valence-electron chi connectivity index (χ3n) is 3.91. The van der Waals surface area contributed by atoms with E-state index >= 15 is 0 Å². The standard InChI is InChI=1S/C16H20F3NO3/c1-11-6-12(2)8-13(7-11)23-9-14(21)20-5-3-4-15(22,10-20)16(17,18)19/h6-8,22H,3-5,9-10H2,1-2H3. The zero-order chi connectivity index (χ0) is 17.3. The van der Waals surface area contributed by atoms with Crippen LogP contribution in [0.25, 0.3) is 0 Å². The van der Waals surface area contributed by atoms with Crippen LogP contribution in [0, 0.1) is 13.8 Å². The van der Waals surface area contributed by atoms with Crippen molar-refractivity contribution in [2.75, 3.05) is 19.7 Å². The van der Waals surface area contributed by atoms with Crippen LogP contribution in [0.1, 0.15) is 24.0 Å². The van der Waals surface area contributed by atoms with E-state index in [1.807, 2.05) is 19.9 Å². The molecule has 1 saturated heterocycles. The predicted molar refractivity (Wildman–Crippen MR) is 78.2 cm³/mol. The van der Waals surface area contributed by atoms with Crippen LogP contribution >= 0.6 is 0 Å². The number of hydrogen-bond donors (Lipinski definition) is 1. The second-order valence-electron chi connectivity index (χ2n) is 6.06. The predicted octanol–water partition coefficient (Wildman–Crippen LogP) is 2.60. The number of likely N-dealkylation sites (tertiary alicyclic amines) is 1. The molecule has 1 amide bonds. The SMILES string of the molecule is Cc1cc(C)cc(OCC(=O)N2CCCC(O)(C(F)(F)F)C2)c1. The Balaban J connectivity index is 1.98. The summed E-state index contributed by atoms with van der Waals surface area (Å²) in [6.07, 6.45) is -5.04. The fourth-order valence-electron chi connectivity index (χ4n) is 2.73. The van der Waals surface area contributed by atoms with Gasteiger partial charge in [0.1, 0.15) is 5.75 Å². The molecule has 1 aliphatic rings. The van der Waals surface area contributed by atoms with Crippen molar-refractivity contribution in [1.29, 1.82) is 0 Å². The van der Waals surface area contributed by atoms with E-state index in [9.17, 15) is 23.1 Å². The monoisotopic (exact) mass is 331 g/mol. The molecule has 0 aromatic heterocycles. The highest BCUT2D eigenvalue weighted by Gasteiger charge is 2.55. The summed E-state index contributed by atoms with van der Waals surface area (Å²) in [6.45, 7) is 2.86. The first-order valence-electron chi connectivity index (χ1n) is 7.39. The largest absolute Gasteiger partial charge is 0.484 e. The zero-order valence-corrected chi connectivity index (χ0v) is 13.1. The molecule has 0 saturated carbocycles. The summed E-state index contributed by atoms with van der Waals surface area (Å²) < 4.78 is 44.0. The molecular formula is C16H20F3NO3. The Morgan fingerprint density at radius 3 is 2.48 bits per heavy atom. The Bertz CT molecular complexity index is 568. The van der Waals surface area contributed by atoms with Crippen molar-refractivity contribution in [3.05, 3.63) is 29.3 Å². The summed E-state index contributed by atoms with van der Waals surface area (Å²) in [7, 11) is 0.